The maximum absolute atomic E-state index is 12.8. The number of esters is 1. The number of ether oxygens (including phenoxy) is 2. The SMILES string of the molecule is CCOC(=O)[C@@H](Cc1c[nH]c2ccccc12)NN1C=Nc2c(ncn2[C@H]2O[C@@H](CO)C(O)C2O)C1N. The Kier molecular flexibility index (Phi) is 6.75. The molecule has 4 heterocycles. The van der Waals surface area contributed by atoms with Crippen molar-refractivity contribution in [2.75, 3.05) is 13.2 Å². The molecule has 13 nitrogen and oxygen atoms in total. The number of nitrogens with zero attached hydrogens (tertiary/aromatic N) is 4. The molecular weight excluding hydrogens is 470 g/mol. The second kappa shape index (κ2) is 9.97. The molecule has 0 radical (unpaired) electrons. The number of imidazole rings is 1. The van der Waals surface area contributed by atoms with E-state index in [4.69, 9.17) is 15.2 Å². The van der Waals surface area contributed by atoms with E-state index in [1.54, 1.807) is 6.92 Å². The minimum absolute atomic E-state index is 0.226. The first kappa shape index (κ1) is 24.4. The number of aliphatic hydroxyl groups is 3. The average molecular weight is 500 g/mol. The molecule has 3 unspecified atom stereocenters. The van der Waals surface area contributed by atoms with Gasteiger partial charge in [-0.1, -0.05) is 18.2 Å². The van der Waals surface area contributed by atoms with Gasteiger partial charge in [0.2, 0.25) is 0 Å². The molecule has 0 aliphatic carbocycles. The minimum Gasteiger partial charge on any atom is -0.465 e. The van der Waals surface area contributed by atoms with Gasteiger partial charge in [-0.05, 0) is 18.6 Å². The molecule has 2 aromatic heterocycles. The van der Waals surface area contributed by atoms with Gasteiger partial charge in [0.1, 0.15) is 42.6 Å². The molecule has 13 heteroatoms. The summed E-state index contributed by atoms with van der Waals surface area (Å²) in [7, 11) is 0. The summed E-state index contributed by atoms with van der Waals surface area (Å²) in [6.07, 6.45) is -0.263. The molecule has 2 aliphatic rings. The fraction of sp³-hybridized carbons (Fsp3) is 0.435. The number of hydrazine groups is 1. The van der Waals surface area contributed by atoms with E-state index in [0.717, 1.165) is 16.5 Å². The molecule has 0 spiro atoms. The summed E-state index contributed by atoms with van der Waals surface area (Å²) in [5.41, 5.74) is 11.8. The van der Waals surface area contributed by atoms with Crippen LogP contribution in [-0.4, -0.2) is 84.7 Å². The van der Waals surface area contributed by atoms with Crippen LogP contribution >= 0.6 is 0 Å². The normalized spacial score (nSPS) is 26.4. The third kappa shape index (κ3) is 4.25. The predicted molar refractivity (Wildman–Crippen MR) is 128 cm³/mol. The van der Waals surface area contributed by atoms with Gasteiger partial charge < -0.3 is 35.5 Å². The number of hydrogen-bond acceptors (Lipinski definition) is 11. The van der Waals surface area contributed by atoms with Crippen LogP contribution in [0.25, 0.3) is 10.9 Å². The number of para-hydroxylation sites is 1. The fourth-order valence-electron chi connectivity index (χ4n) is 4.57. The van der Waals surface area contributed by atoms with E-state index in [9.17, 15) is 20.1 Å². The van der Waals surface area contributed by atoms with E-state index in [1.165, 1.54) is 22.2 Å². The van der Waals surface area contributed by atoms with Crippen molar-refractivity contribution < 1.29 is 29.6 Å². The molecule has 192 valence electrons. The molecule has 0 amide bonds. The van der Waals surface area contributed by atoms with Crippen molar-refractivity contribution in [1.29, 1.82) is 0 Å². The highest BCUT2D eigenvalue weighted by atomic mass is 16.6. The number of aromatic amines is 1. The maximum Gasteiger partial charge on any atom is 0.325 e. The van der Waals surface area contributed by atoms with Crippen LogP contribution in [0.2, 0.25) is 0 Å². The number of aliphatic imine (C=N–C) groups is 1. The monoisotopic (exact) mass is 499 g/mol. The Morgan fingerprint density at radius 3 is 2.89 bits per heavy atom. The zero-order valence-electron chi connectivity index (χ0n) is 19.6. The molecule has 0 bridgehead atoms. The third-order valence-corrected chi connectivity index (χ3v) is 6.45. The predicted octanol–water partition coefficient (Wildman–Crippen LogP) is -0.412. The summed E-state index contributed by atoms with van der Waals surface area (Å²) >= 11 is 0. The van der Waals surface area contributed by atoms with Gasteiger partial charge >= 0.3 is 5.97 Å². The summed E-state index contributed by atoms with van der Waals surface area (Å²) in [5, 5.41) is 32.3. The molecule has 1 fully saturated rings. The Labute approximate surface area is 206 Å². The number of hydrogen-bond donors (Lipinski definition) is 6. The van der Waals surface area contributed by atoms with Gasteiger partial charge in [-0.2, -0.15) is 0 Å². The lowest BCUT2D eigenvalue weighted by Crippen LogP contribution is -2.53. The summed E-state index contributed by atoms with van der Waals surface area (Å²) < 4.78 is 12.3. The van der Waals surface area contributed by atoms with Crippen LogP contribution in [0.5, 0.6) is 0 Å². The van der Waals surface area contributed by atoms with Crippen molar-refractivity contribution in [3.63, 3.8) is 0 Å². The van der Waals surface area contributed by atoms with Crippen LogP contribution in [-0.2, 0) is 20.7 Å². The Balaban J connectivity index is 1.36. The third-order valence-electron chi connectivity index (χ3n) is 6.45. The standard InChI is InChI=1S/C23H29N7O6/c1-2-35-23(34)15(7-12-8-25-14-6-4-3-5-13(12)14)28-30-11-27-21-17(20(30)24)26-10-29(21)22-19(33)18(32)16(9-31)36-22/h3-6,8,10-11,15-16,18-20,22,25,28,31-33H,2,7,9,24H2,1H3/t15-,16+,18?,19?,20?,22+/m1/s1. The van der Waals surface area contributed by atoms with Gasteiger partial charge in [-0.15, -0.1) is 0 Å². The highest BCUT2D eigenvalue weighted by Crippen LogP contribution is 2.36. The number of H-pyrrole nitrogens is 1. The number of aliphatic hydroxyl groups excluding tert-OH is 3. The lowest BCUT2D eigenvalue weighted by Gasteiger charge is -2.32. The van der Waals surface area contributed by atoms with E-state index in [1.807, 2.05) is 30.5 Å². The Bertz CT molecular complexity index is 1260. The molecule has 7 N–H and O–H groups in total. The fourth-order valence-corrected chi connectivity index (χ4v) is 4.57. The van der Waals surface area contributed by atoms with Gasteiger partial charge in [0, 0.05) is 23.5 Å². The average Bonchev–Trinajstić information content (AvgIpc) is 3.57. The smallest absolute Gasteiger partial charge is 0.325 e. The Hall–Kier alpha value is -3.33. The number of carbonyl (C=O) groups excluding carboxylic acids is 1. The molecule has 1 aromatic carbocycles. The number of nitrogens with one attached hydrogen (secondary N) is 2. The van der Waals surface area contributed by atoms with Crippen LogP contribution < -0.4 is 11.2 Å². The molecule has 0 saturated carbocycles. The van der Waals surface area contributed by atoms with Gasteiger partial charge in [0.25, 0.3) is 0 Å². The largest absolute Gasteiger partial charge is 0.465 e. The number of benzene rings is 1. The molecule has 2 aliphatic heterocycles. The van der Waals surface area contributed by atoms with Crippen LogP contribution in [0.1, 0.15) is 30.6 Å². The van der Waals surface area contributed by atoms with E-state index in [-0.39, 0.29) is 6.61 Å². The van der Waals surface area contributed by atoms with Crippen molar-refractivity contribution in [3.05, 3.63) is 48.0 Å². The number of rotatable bonds is 8. The van der Waals surface area contributed by atoms with Gasteiger partial charge in [0.05, 0.1) is 19.5 Å². The highest BCUT2D eigenvalue weighted by Gasteiger charge is 2.45. The van der Waals surface area contributed by atoms with Crippen LogP contribution in [0, 0.1) is 0 Å². The number of carbonyl (C=O) groups is 1. The molecule has 3 aromatic rings. The summed E-state index contributed by atoms with van der Waals surface area (Å²) in [6, 6.07) is 7.05. The second-order valence-corrected chi connectivity index (χ2v) is 8.68. The molecular formula is C23H29N7O6. The van der Waals surface area contributed by atoms with Crippen LogP contribution in [0.4, 0.5) is 5.82 Å². The van der Waals surface area contributed by atoms with E-state index in [2.05, 4.69) is 20.4 Å². The van der Waals surface area contributed by atoms with E-state index < -0.39 is 49.3 Å². The quantitative estimate of drug-likeness (QED) is 0.223. The Morgan fingerprint density at radius 2 is 2.14 bits per heavy atom. The van der Waals surface area contributed by atoms with Gasteiger partial charge in [-0.3, -0.25) is 14.4 Å². The second-order valence-electron chi connectivity index (χ2n) is 8.68. The summed E-state index contributed by atoms with van der Waals surface area (Å²) in [5.74, 6) is -0.106. The van der Waals surface area contributed by atoms with E-state index in [0.29, 0.717) is 17.9 Å². The summed E-state index contributed by atoms with van der Waals surface area (Å²) in [6.45, 7) is 1.52. The zero-order chi connectivity index (χ0) is 25.4. The van der Waals surface area contributed by atoms with Crippen LogP contribution in [0.3, 0.4) is 0 Å². The molecule has 6 atom stereocenters. The van der Waals surface area contributed by atoms with Crippen molar-refractivity contribution >= 4 is 29.0 Å². The maximum atomic E-state index is 12.8. The van der Waals surface area contributed by atoms with Crippen molar-refractivity contribution in [2.24, 2.45) is 10.7 Å². The van der Waals surface area contributed by atoms with Crippen molar-refractivity contribution in [3.8, 4) is 0 Å². The molecule has 5 rings (SSSR count). The molecule has 1 saturated heterocycles. The van der Waals surface area contributed by atoms with Crippen LogP contribution in [0.15, 0.2) is 41.8 Å². The number of aromatic nitrogens is 3. The topological polar surface area (TPSA) is 183 Å². The lowest BCUT2D eigenvalue weighted by molar-refractivity contribution is -0.147. The van der Waals surface area contributed by atoms with Crippen molar-refractivity contribution in [1.82, 2.24) is 25.0 Å². The first-order valence-corrected chi connectivity index (χ1v) is 11.7. The first-order chi connectivity index (χ1) is 17.4. The summed E-state index contributed by atoms with van der Waals surface area (Å²) in [4.78, 5) is 24.8. The Morgan fingerprint density at radius 1 is 1.33 bits per heavy atom. The highest BCUT2D eigenvalue weighted by molar-refractivity contribution is 5.84. The van der Waals surface area contributed by atoms with Crippen molar-refractivity contribution in [2.45, 2.75) is 50.1 Å². The lowest BCUT2D eigenvalue weighted by atomic mass is 10.1. The number of nitrogens with two attached hydrogens (primary N) is 1. The van der Waals surface area contributed by atoms with E-state index >= 15 is 0 Å². The molecule has 36 heavy (non-hydrogen) atoms. The van der Waals surface area contributed by atoms with Gasteiger partial charge in [0.15, 0.2) is 12.0 Å². The number of fused-ring (bicyclic) bond motifs is 2. The van der Waals surface area contributed by atoms with Gasteiger partial charge in [-0.25, -0.2) is 15.4 Å². The minimum atomic E-state index is -1.28. The zero-order valence-corrected chi connectivity index (χ0v) is 19.6. The first-order valence-electron chi connectivity index (χ1n) is 11.7.